The third-order valence-electron chi connectivity index (χ3n) is 4.10. The summed E-state index contributed by atoms with van der Waals surface area (Å²) in [6.07, 6.45) is 2.54. The highest BCUT2D eigenvalue weighted by atomic mass is 16.5. The van der Waals surface area contributed by atoms with Crippen LogP contribution in [0.5, 0.6) is 5.75 Å². The zero-order valence-corrected chi connectivity index (χ0v) is 12.7. The van der Waals surface area contributed by atoms with Gasteiger partial charge in [0.15, 0.2) is 0 Å². The van der Waals surface area contributed by atoms with Crippen LogP contribution in [0.4, 0.5) is 11.4 Å². The molecule has 1 aromatic rings. The minimum Gasteiger partial charge on any atom is -0.492 e. The second kappa shape index (κ2) is 7.39. The number of anilines is 2. The molecular formula is C16H27N3O. The van der Waals surface area contributed by atoms with Crippen molar-refractivity contribution in [1.82, 2.24) is 4.90 Å². The van der Waals surface area contributed by atoms with Gasteiger partial charge in [-0.25, -0.2) is 0 Å². The van der Waals surface area contributed by atoms with Gasteiger partial charge in [0, 0.05) is 6.54 Å². The highest BCUT2D eigenvalue weighted by Gasteiger charge is 2.18. The molecule has 0 amide bonds. The summed E-state index contributed by atoms with van der Waals surface area (Å²) in [6.45, 7) is 9.46. The number of hydrogen-bond acceptors (Lipinski definition) is 4. The van der Waals surface area contributed by atoms with Gasteiger partial charge in [0.25, 0.3) is 0 Å². The van der Waals surface area contributed by atoms with Gasteiger partial charge in [-0.05, 0) is 57.5 Å². The highest BCUT2D eigenvalue weighted by molar-refractivity contribution is 5.72. The Morgan fingerprint density at radius 1 is 1.30 bits per heavy atom. The number of piperidine rings is 1. The second-order valence-corrected chi connectivity index (χ2v) is 5.41. The molecule has 0 radical (unpaired) electrons. The van der Waals surface area contributed by atoms with Gasteiger partial charge in [0.2, 0.25) is 0 Å². The molecule has 112 valence electrons. The van der Waals surface area contributed by atoms with E-state index in [0.29, 0.717) is 6.61 Å². The summed E-state index contributed by atoms with van der Waals surface area (Å²) in [6, 6.07) is 5.94. The molecule has 0 aliphatic carbocycles. The Kier molecular flexibility index (Phi) is 5.53. The standard InChI is InChI=1S/C16H27N3O/c1-3-19-10-8-13(9-11-19)12-18-14-6-5-7-15(16(14)17)20-4-2/h5-7,13,18H,3-4,8-12,17H2,1-2H3. The van der Waals surface area contributed by atoms with Crippen molar-refractivity contribution in [2.45, 2.75) is 26.7 Å². The summed E-state index contributed by atoms with van der Waals surface area (Å²) >= 11 is 0. The largest absolute Gasteiger partial charge is 0.492 e. The van der Waals surface area contributed by atoms with E-state index in [1.54, 1.807) is 0 Å². The number of rotatable bonds is 6. The Bertz CT molecular complexity index is 414. The maximum atomic E-state index is 6.13. The van der Waals surface area contributed by atoms with E-state index in [0.717, 1.165) is 29.6 Å². The number of nitrogens with one attached hydrogen (secondary N) is 1. The van der Waals surface area contributed by atoms with Gasteiger partial charge in [-0.1, -0.05) is 13.0 Å². The molecule has 0 atom stereocenters. The molecule has 4 heteroatoms. The Hall–Kier alpha value is -1.42. The predicted octanol–water partition coefficient (Wildman–Crippen LogP) is 2.81. The fourth-order valence-corrected chi connectivity index (χ4v) is 2.74. The van der Waals surface area contributed by atoms with Gasteiger partial charge in [0.05, 0.1) is 18.0 Å². The van der Waals surface area contributed by atoms with Crippen LogP contribution in [-0.4, -0.2) is 37.7 Å². The van der Waals surface area contributed by atoms with Crippen LogP contribution in [0.1, 0.15) is 26.7 Å². The number of para-hydroxylation sites is 1. The van der Waals surface area contributed by atoms with Crippen molar-refractivity contribution in [3.63, 3.8) is 0 Å². The normalized spacial score (nSPS) is 17.1. The highest BCUT2D eigenvalue weighted by Crippen LogP contribution is 2.30. The Balaban J connectivity index is 1.86. The van der Waals surface area contributed by atoms with Gasteiger partial charge in [0.1, 0.15) is 5.75 Å². The molecule has 0 unspecified atom stereocenters. The molecular weight excluding hydrogens is 250 g/mol. The van der Waals surface area contributed by atoms with Crippen LogP contribution < -0.4 is 15.8 Å². The van der Waals surface area contributed by atoms with E-state index in [1.807, 2.05) is 25.1 Å². The number of nitrogens with zero attached hydrogens (tertiary/aromatic N) is 1. The SMILES string of the molecule is CCOc1cccc(NCC2CCN(CC)CC2)c1N. The first kappa shape index (κ1) is 15.0. The smallest absolute Gasteiger partial charge is 0.144 e. The van der Waals surface area contributed by atoms with Crippen LogP contribution >= 0.6 is 0 Å². The molecule has 1 aliphatic rings. The summed E-state index contributed by atoms with van der Waals surface area (Å²) in [4.78, 5) is 2.51. The lowest BCUT2D eigenvalue weighted by Crippen LogP contribution is -2.35. The van der Waals surface area contributed by atoms with Gasteiger partial charge in [-0.15, -0.1) is 0 Å². The number of benzene rings is 1. The fraction of sp³-hybridized carbons (Fsp3) is 0.625. The zero-order valence-electron chi connectivity index (χ0n) is 12.7. The van der Waals surface area contributed by atoms with E-state index < -0.39 is 0 Å². The fourth-order valence-electron chi connectivity index (χ4n) is 2.74. The summed E-state index contributed by atoms with van der Waals surface area (Å²) in [5.41, 5.74) is 7.85. The number of nitrogens with two attached hydrogens (primary N) is 1. The maximum Gasteiger partial charge on any atom is 0.144 e. The lowest BCUT2D eigenvalue weighted by atomic mass is 9.96. The molecule has 1 aliphatic heterocycles. The molecule has 3 N–H and O–H groups in total. The third kappa shape index (κ3) is 3.79. The van der Waals surface area contributed by atoms with Crippen molar-refractivity contribution in [3.05, 3.63) is 18.2 Å². The van der Waals surface area contributed by atoms with Crippen molar-refractivity contribution in [2.24, 2.45) is 5.92 Å². The first-order chi connectivity index (χ1) is 9.74. The molecule has 0 spiro atoms. The lowest BCUT2D eigenvalue weighted by molar-refractivity contribution is 0.198. The van der Waals surface area contributed by atoms with Crippen molar-refractivity contribution >= 4 is 11.4 Å². The second-order valence-electron chi connectivity index (χ2n) is 5.41. The Morgan fingerprint density at radius 3 is 2.70 bits per heavy atom. The first-order valence-electron chi connectivity index (χ1n) is 7.72. The third-order valence-corrected chi connectivity index (χ3v) is 4.10. The molecule has 1 saturated heterocycles. The van der Waals surface area contributed by atoms with Gasteiger partial charge < -0.3 is 20.7 Å². The van der Waals surface area contributed by atoms with Gasteiger partial charge in [-0.2, -0.15) is 0 Å². The van der Waals surface area contributed by atoms with Crippen LogP contribution in [0.25, 0.3) is 0 Å². The van der Waals surface area contributed by atoms with Gasteiger partial charge in [-0.3, -0.25) is 0 Å². The van der Waals surface area contributed by atoms with Crippen molar-refractivity contribution in [1.29, 1.82) is 0 Å². The molecule has 0 bridgehead atoms. The average molecular weight is 277 g/mol. The summed E-state index contributed by atoms with van der Waals surface area (Å²) in [5, 5.41) is 3.49. The summed E-state index contributed by atoms with van der Waals surface area (Å²) < 4.78 is 5.53. The molecule has 1 heterocycles. The maximum absolute atomic E-state index is 6.13. The molecule has 2 rings (SSSR count). The molecule has 4 nitrogen and oxygen atoms in total. The first-order valence-corrected chi connectivity index (χ1v) is 7.72. The van der Waals surface area contributed by atoms with E-state index in [1.165, 1.54) is 32.5 Å². The zero-order chi connectivity index (χ0) is 14.4. The topological polar surface area (TPSA) is 50.5 Å². The predicted molar refractivity (Wildman–Crippen MR) is 85.4 cm³/mol. The summed E-state index contributed by atoms with van der Waals surface area (Å²) in [7, 11) is 0. The summed E-state index contributed by atoms with van der Waals surface area (Å²) in [5.74, 6) is 1.52. The Labute approximate surface area is 122 Å². The quantitative estimate of drug-likeness (QED) is 0.785. The van der Waals surface area contributed by atoms with Crippen LogP contribution in [0, 0.1) is 5.92 Å². The molecule has 0 saturated carbocycles. The van der Waals surface area contributed by atoms with E-state index in [4.69, 9.17) is 10.5 Å². The molecule has 1 fully saturated rings. The van der Waals surface area contributed by atoms with Crippen LogP contribution in [-0.2, 0) is 0 Å². The monoisotopic (exact) mass is 277 g/mol. The van der Waals surface area contributed by atoms with E-state index in [-0.39, 0.29) is 0 Å². The van der Waals surface area contributed by atoms with Gasteiger partial charge >= 0.3 is 0 Å². The number of nitrogen functional groups attached to an aromatic ring is 1. The Morgan fingerprint density at radius 2 is 2.05 bits per heavy atom. The van der Waals surface area contributed by atoms with Crippen molar-refractivity contribution in [3.8, 4) is 5.75 Å². The molecule has 1 aromatic carbocycles. The van der Waals surface area contributed by atoms with Crippen molar-refractivity contribution < 1.29 is 4.74 Å². The van der Waals surface area contributed by atoms with Crippen LogP contribution in [0.2, 0.25) is 0 Å². The number of hydrogen-bond donors (Lipinski definition) is 2. The molecule has 0 aromatic heterocycles. The number of ether oxygens (including phenoxy) is 1. The van der Waals surface area contributed by atoms with Crippen LogP contribution in [0.3, 0.4) is 0 Å². The van der Waals surface area contributed by atoms with Crippen molar-refractivity contribution in [2.75, 3.05) is 43.8 Å². The molecule has 20 heavy (non-hydrogen) atoms. The number of likely N-dealkylation sites (tertiary alicyclic amines) is 1. The minimum atomic E-state index is 0.642. The van der Waals surface area contributed by atoms with E-state index in [9.17, 15) is 0 Å². The van der Waals surface area contributed by atoms with E-state index in [2.05, 4.69) is 17.1 Å². The average Bonchev–Trinajstić information content (AvgIpc) is 2.49. The van der Waals surface area contributed by atoms with E-state index >= 15 is 0 Å². The lowest BCUT2D eigenvalue weighted by Gasteiger charge is -2.31. The minimum absolute atomic E-state index is 0.642. The van der Waals surface area contributed by atoms with Crippen LogP contribution in [0.15, 0.2) is 18.2 Å².